The summed E-state index contributed by atoms with van der Waals surface area (Å²) >= 11 is 0. The Morgan fingerprint density at radius 2 is 2.16 bits per heavy atom. The quantitative estimate of drug-likeness (QED) is 0.670. The van der Waals surface area contributed by atoms with Crippen molar-refractivity contribution in [1.29, 1.82) is 0 Å². The van der Waals surface area contributed by atoms with Crippen LogP contribution in [0.25, 0.3) is 5.69 Å². The highest BCUT2D eigenvalue weighted by molar-refractivity contribution is 5.85. The fourth-order valence-electron chi connectivity index (χ4n) is 1.78. The second kappa shape index (κ2) is 4.89. The number of nitro benzene ring substituents is 1. The second-order valence-corrected chi connectivity index (χ2v) is 3.84. The first-order valence-corrected chi connectivity index (χ1v) is 5.60. The summed E-state index contributed by atoms with van der Waals surface area (Å²) in [5.74, 6) is -1.16. The van der Waals surface area contributed by atoms with E-state index in [2.05, 4.69) is 5.10 Å². The average Bonchev–Trinajstić information content (AvgIpc) is 2.82. The smallest absolute Gasteiger partial charge is 0.356 e. The largest absolute Gasteiger partial charge is 0.476 e. The topological polar surface area (TPSA) is 98.3 Å². The molecule has 19 heavy (non-hydrogen) atoms. The number of para-hydroxylation sites is 2. The predicted molar refractivity (Wildman–Crippen MR) is 66.6 cm³/mol. The number of benzene rings is 1. The highest BCUT2D eigenvalue weighted by Crippen LogP contribution is 2.23. The van der Waals surface area contributed by atoms with Crippen molar-refractivity contribution in [2.24, 2.45) is 0 Å². The molecular formula is C12H11N3O4. The lowest BCUT2D eigenvalue weighted by atomic mass is 10.2. The van der Waals surface area contributed by atoms with Gasteiger partial charge in [0.15, 0.2) is 5.69 Å². The zero-order chi connectivity index (χ0) is 14.0. The van der Waals surface area contributed by atoms with Crippen LogP contribution in [-0.2, 0) is 6.42 Å². The van der Waals surface area contributed by atoms with Crippen molar-refractivity contribution in [1.82, 2.24) is 9.78 Å². The molecule has 0 bridgehead atoms. The Labute approximate surface area is 108 Å². The molecule has 0 unspecified atom stereocenters. The van der Waals surface area contributed by atoms with Gasteiger partial charge in [-0.1, -0.05) is 19.1 Å². The molecule has 1 aromatic heterocycles. The fraction of sp³-hybridized carbons (Fsp3) is 0.167. The molecule has 1 N–H and O–H groups in total. The van der Waals surface area contributed by atoms with E-state index in [-0.39, 0.29) is 17.1 Å². The number of aryl methyl sites for hydroxylation is 1. The molecule has 0 saturated heterocycles. The van der Waals surface area contributed by atoms with E-state index in [1.807, 2.05) is 6.92 Å². The van der Waals surface area contributed by atoms with Crippen molar-refractivity contribution in [3.8, 4) is 5.69 Å². The number of hydrogen-bond donors (Lipinski definition) is 1. The van der Waals surface area contributed by atoms with Gasteiger partial charge in [-0.2, -0.15) is 5.10 Å². The second-order valence-electron chi connectivity index (χ2n) is 3.84. The van der Waals surface area contributed by atoms with Gasteiger partial charge in [0.05, 0.1) is 4.92 Å². The van der Waals surface area contributed by atoms with E-state index in [9.17, 15) is 14.9 Å². The number of carboxylic acids is 1. The van der Waals surface area contributed by atoms with Crippen LogP contribution < -0.4 is 0 Å². The molecule has 0 amide bonds. The number of aromatic carboxylic acids is 1. The van der Waals surface area contributed by atoms with Crippen LogP contribution >= 0.6 is 0 Å². The molecular weight excluding hydrogens is 250 g/mol. The first-order chi connectivity index (χ1) is 9.04. The van der Waals surface area contributed by atoms with Crippen molar-refractivity contribution in [3.05, 3.63) is 51.8 Å². The summed E-state index contributed by atoms with van der Waals surface area (Å²) in [6, 6.07) is 7.50. The Kier molecular flexibility index (Phi) is 3.28. The molecule has 0 spiro atoms. The Balaban J connectivity index is 2.64. The maximum absolute atomic E-state index is 11.0. The highest BCUT2D eigenvalue weighted by atomic mass is 16.6. The molecule has 7 nitrogen and oxygen atoms in total. The van der Waals surface area contributed by atoms with Crippen molar-refractivity contribution < 1.29 is 14.8 Å². The van der Waals surface area contributed by atoms with Crippen LogP contribution in [0.2, 0.25) is 0 Å². The Hall–Kier alpha value is -2.70. The van der Waals surface area contributed by atoms with Crippen LogP contribution in [0.3, 0.4) is 0 Å². The molecule has 1 aromatic carbocycles. The minimum Gasteiger partial charge on any atom is -0.476 e. The summed E-state index contributed by atoms with van der Waals surface area (Å²) in [6.45, 7) is 1.83. The Bertz CT molecular complexity index is 648. The van der Waals surface area contributed by atoms with Crippen LogP contribution in [-0.4, -0.2) is 25.8 Å². The SMILES string of the molecule is CCc1cc(C(=O)O)nn1-c1ccccc1[N+](=O)[O-]. The number of hydrogen-bond acceptors (Lipinski definition) is 4. The summed E-state index contributed by atoms with van der Waals surface area (Å²) in [5.41, 5.74) is 0.621. The molecule has 2 aromatic rings. The van der Waals surface area contributed by atoms with Crippen LogP contribution in [0.4, 0.5) is 5.69 Å². The molecule has 0 radical (unpaired) electrons. The van der Waals surface area contributed by atoms with Crippen molar-refractivity contribution >= 4 is 11.7 Å². The summed E-state index contributed by atoms with van der Waals surface area (Å²) in [5, 5.41) is 23.8. The first-order valence-electron chi connectivity index (χ1n) is 5.60. The van der Waals surface area contributed by atoms with Gasteiger partial charge < -0.3 is 5.11 Å². The van der Waals surface area contributed by atoms with Gasteiger partial charge in [0.1, 0.15) is 5.69 Å². The Morgan fingerprint density at radius 1 is 1.47 bits per heavy atom. The van der Waals surface area contributed by atoms with E-state index < -0.39 is 10.9 Å². The van der Waals surface area contributed by atoms with Gasteiger partial charge >= 0.3 is 5.97 Å². The normalized spacial score (nSPS) is 10.4. The molecule has 0 fully saturated rings. The molecule has 7 heteroatoms. The molecule has 0 aliphatic rings. The van der Waals surface area contributed by atoms with Crippen LogP contribution in [0.5, 0.6) is 0 Å². The van der Waals surface area contributed by atoms with E-state index in [1.165, 1.54) is 22.9 Å². The van der Waals surface area contributed by atoms with Gasteiger partial charge in [0, 0.05) is 11.8 Å². The van der Waals surface area contributed by atoms with Gasteiger partial charge in [-0.3, -0.25) is 10.1 Å². The molecule has 0 saturated carbocycles. The summed E-state index contributed by atoms with van der Waals surface area (Å²) in [7, 11) is 0. The highest BCUT2D eigenvalue weighted by Gasteiger charge is 2.19. The molecule has 0 atom stereocenters. The zero-order valence-corrected chi connectivity index (χ0v) is 10.1. The Morgan fingerprint density at radius 3 is 2.74 bits per heavy atom. The maximum atomic E-state index is 11.0. The average molecular weight is 261 g/mol. The standard InChI is InChI=1S/C12H11N3O4/c1-2-8-7-9(12(16)17)13-14(8)10-5-3-4-6-11(10)15(18)19/h3-7H,2H2,1H3,(H,16,17). The fourth-order valence-corrected chi connectivity index (χ4v) is 1.78. The van der Waals surface area contributed by atoms with Gasteiger partial charge in [0.2, 0.25) is 0 Å². The van der Waals surface area contributed by atoms with E-state index in [0.717, 1.165) is 0 Å². The summed E-state index contributed by atoms with van der Waals surface area (Å²) in [6.07, 6.45) is 0.520. The van der Waals surface area contributed by atoms with Crippen LogP contribution in [0, 0.1) is 10.1 Å². The van der Waals surface area contributed by atoms with E-state index in [0.29, 0.717) is 12.1 Å². The monoisotopic (exact) mass is 261 g/mol. The number of nitro groups is 1. The first kappa shape index (κ1) is 12.7. The number of rotatable bonds is 4. The van der Waals surface area contributed by atoms with Crippen molar-refractivity contribution in [2.75, 3.05) is 0 Å². The zero-order valence-electron chi connectivity index (χ0n) is 10.1. The summed E-state index contributed by atoms with van der Waals surface area (Å²) in [4.78, 5) is 21.4. The minimum absolute atomic E-state index is 0.114. The lowest BCUT2D eigenvalue weighted by molar-refractivity contribution is -0.384. The van der Waals surface area contributed by atoms with Crippen LogP contribution in [0.15, 0.2) is 30.3 Å². The van der Waals surface area contributed by atoms with Gasteiger partial charge in [-0.05, 0) is 18.6 Å². The van der Waals surface area contributed by atoms with Crippen molar-refractivity contribution in [3.63, 3.8) is 0 Å². The van der Waals surface area contributed by atoms with E-state index in [1.54, 1.807) is 12.1 Å². The third-order valence-electron chi connectivity index (χ3n) is 2.67. The third kappa shape index (κ3) is 2.30. The minimum atomic E-state index is -1.16. The lowest BCUT2D eigenvalue weighted by Crippen LogP contribution is -2.06. The number of aromatic nitrogens is 2. The molecule has 0 aliphatic carbocycles. The molecule has 2 rings (SSSR count). The van der Waals surface area contributed by atoms with Crippen LogP contribution in [0.1, 0.15) is 23.1 Å². The number of nitrogens with zero attached hydrogens (tertiary/aromatic N) is 3. The number of carboxylic acid groups (broad SMARTS) is 1. The molecule has 0 aliphatic heterocycles. The van der Waals surface area contributed by atoms with Gasteiger partial charge in [0.25, 0.3) is 5.69 Å². The number of carbonyl (C=O) groups is 1. The summed E-state index contributed by atoms with van der Waals surface area (Å²) < 4.78 is 1.31. The maximum Gasteiger partial charge on any atom is 0.356 e. The van der Waals surface area contributed by atoms with E-state index in [4.69, 9.17) is 5.11 Å². The third-order valence-corrected chi connectivity index (χ3v) is 2.67. The van der Waals surface area contributed by atoms with Gasteiger partial charge in [-0.15, -0.1) is 0 Å². The predicted octanol–water partition coefficient (Wildman–Crippen LogP) is 2.04. The van der Waals surface area contributed by atoms with Gasteiger partial charge in [-0.25, -0.2) is 9.48 Å². The van der Waals surface area contributed by atoms with E-state index >= 15 is 0 Å². The molecule has 1 heterocycles. The molecule has 98 valence electrons. The lowest BCUT2D eigenvalue weighted by Gasteiger charge is -2.05. The van der Waals surface area contributed by atoms with Crippen molar-refractivity contribution in [2.45, 2.75) is 13.3 Å².